The number of hydrogen-bond acceptors (Lipinski definition) is 4. The highest BCUT2D eigenvalue weighted by atomic mass is 16.6. The van der Waals surface area contributed by atoms with Crippen molar-refractivity contribution < 1.29 is 19.1 Å². The molecular formula is C15H22N2O4. The Bertz CT molecular complexity index is 473. The molecule has 1 heterocycles. The predicted molar refractivity (Wildman–Crippen MR) is 77.3 cm³/mol. The zero-order chi connectivity index (χ0) is 16.0. The normalized spacial score (nSPS) is 15.2. The van der Waals surface area contributed by atoms with Crippen LogP contribution in [0, 0.1) is 6.57 Å². The fourth-order valence-electron chi connectivity index (χ4n) is 1.99. The second-order valence-electron chi connectivity index (χ2n) is 5.75. The summed E-state index contributed by atoms with van der Waals surface area (Å²) in [4.78, 5) is 28.5. The Hall–Kier alpha value is -2.03. The molecule has 0 aromatic rings. The number of esters is 1. The molecule has 1 amide bonds. The summed E-state index contributed by atoms with van der Waals surface area (Å²) in [7, 11) is 0. The van der Waals surface area contributed by atoms with Crippen LogP contribution >= 0.6 is 0 Å². The molecule has 0 unspecified atom stereocenters. The molecule has 0 saturated carbocycles. The van der Waals surface area contributed by atoms with Gasteiger partial charge in [-0.2, -0.15) is 0 Å². The Labute approximate surface area is 125 Å². The van der Waals surface area contributed by atoms with Crippen molar-refractivity contribution in [2.45, 2.75) is 46.1 Å². The lowest BCUT2D eigenvalue weighted by Gasteiger charge is -2.31. The average molecular weight is 294 g/mol. The second-order valence-corrected chi connectivity index (χ2v) is 5.75. The molecule has 1 rings (SSSR count). The summed E-state index contributed by atoms with van der Waals surface area (Å²) in [5.74, 6) is -0.576. The van der Waals surface area contributed by atoms with Gasteiger partial charge in [-0.3, -0.25) is 4.79 Å². The summed E-state index contributed by atoms with van der Waals surface area (Å²) in [6, 6.07) is 0. The minimum absolute atomic E-state index is 0.0562. The van der Waals surface area contributed by atoms with Gasteiger partial charge in [-0.05, 0) is 40.5 Å². The Morgan fingerprint density at radius 2 is 1.86 bits per heavy atom. The minimum Gasteiger partial charge on any atom is -0.471 e. The third kappa shape index (κ3) is 5.10. The van der Waals surface area contributed by atoms with Gasteiger partial charge in [-0.15, -0.1) is 0 Å². The maximum absolute atomic E-state index is 11.9. The molecule has 0 radical (unpaired) electrons. The molecule has 0 atom stereocenters. The summed E-state index contributed by atoms with van der Waals surface area (Å²) in [5.41, 5.74) is 0.281. The molecule has 0 aromatic carbocycles. The van der Waals surface area contributed by atoms with Crippen molar-refractivity contribution in [3.05, 3.63) is 22.7 Å². The topological polar surface area (TPSA) is 60.2 Å². The fraction of sp³-hybridized carbons (Fsp3) is 0.667. The van der Waals surface area contributed by atoms with E-state index in [1.54, 1.807) is 11.8 Å². The summed E-state index contributed by atoms with van der Waals surface area (Å²) in [5, 5.41) is 0. The molecule has 1 aliphatic rings. The summed E-state index contributed by atoms with van der Waals surface area (Å²) in [6.07, 6.45) is 0.632. The number of carbonyl (C=O) groups excluding carboxylic acids is 2. The van der Waals surface area contributed by atoms with E-state index in [0.717, 1.165) is 5.57 Å². The lowest BCUT2D eigenvalue weighted by Crippen LogP contribution is -2.40. The van der Waals surface area contributed by atoms with Crippen LogP contribution in [0.2, 0.25) is 0 Å². The largest absolute Gasteiger partial charge is 0.471 e. The minimum atomic E-state index is -0.576. The van der Waals surface area contributed by atoms with E-state index in [0.29, 0.717) is 25.9 Å². The zero-order valence-electron chi connectivity index (χ0n) is 13.1. The molecule has 0 aliphatic carbocycles. The molecule has 6 nitrogen and oxygen atoms in total. The first-order valence-corrected chi connectivity index (χ1v) is 7.03. The molecule has 1 fully saturated rings. The highest BCUT2D eigenvalue weighted by molar-refractivity contribution is 5.91. The third-order valence-corrected chi connectivity index (χ3v) is 2.93. The van der Waals surface area contributed by atoms with Gasteiger partial charge in [0, 0.05) is 13.1 Å². The van der Waals surface area contributed by atoms with Crippen LogP contribution in [0.4, 0.5) is 4.79 Å². The molecule has 0 aromatic heterocycles. The van der Waals surface area contributed by atoms with E-state index in [4.69, 9.17) is 16.0 Å². The monoisotopic (exact) mass is 294 g/mol. The molecule has 21 heavy (non-hydrogen) atoms. The van der Waals surface area contributed by atoms with Crippen LogP contribution in [0.15, 0.2) is 11.3 Å². The standard InChI is InChI=1S/C15H22N2O4/c1-6-20-13(18)12(16-5)11-7-9-17(10-8-11)14(19)21-15(2,3)4/h6-10H2,1-4H3. The Kier molecular flexibility index (Phi) is 5.77. The summed E-state index contributed by atoms with van der Waals surface area (Å²) in [6.45, 7) is 15.4. The van der Waals surface area contributed by atoms with E-state index < -0.39 is 11.6 Å². The maximum Gasteiger partial charge on any atom is 0.410 e. The SMILES string of the molecule is [C-]#[N+]C(C(=O)OCC)=C1CCN(C(=O)OC(C)(C)C)CC1. The number of hydrogen-bond donors (Lipinski definition) is 0. The van der Waals surface area contributed by atoms with Crippen LogP contribution in [0.3, 0.4) is 0 Å². The van der Waals surface area contributed by atoms with Gasteiger partial charge in [0.1, 0.15) is 5.60 Å². The van der Waals surface area contributed by atoms with Gasteiger partial charge in [0.15, 0.2) is 0 Å². The van der Waals surface area contributed by atoms with Crippen LogP contribution in [0.1, 0.15) is 40.5 Å². The number of nitrogens with zero attached hydrogens (tertiary/aromatic N) is 2. The highest BCUT2D eigenvalue weighted by Gasteiger charge is 2.27. The lowest BCUT2D eigenvalue weighted by atomic mass is 10.0. The molecule has 1 saturated heterocycles. The zero-order valence-corrected chi connectivity index (χ0v) is 13.1. The first-order chi connectivity index (χ1) is 9.78. The van der Waals surface area contributed by atoms with Crippen molar-refractivity contribution in [2.24, 2.45) is 0 Å². The van der Waals surface area contributed by atoms with Gasteiger partial charge in [0.05, 0.1) is 13.2 Å². The quantitative estimate of drug-likeness (QED) is 0.446. The third-order valence-electron chi connectivity index (χ3n) is 2.93. The van der Waals surface area contributed by atoms with Crippen molar-refractivity contribution in [1.29, 1.82) is 0 Å². The van der Waals surface area contributed by atoms with Crippen LogP contribution < -0.4 is 0 Å². The number of rotatable bonds is 2. The van der Waals surface area contributed by atoms with E-state index in [1.165, 1.54) is 0 Å². The predicted octanol–water partition coefficient (Wildman–Crippen LogP) is 2.75. The smallest absolute Gasteiger partial charge is 0.410 e. The molecule has 116 valence electrons. The first kappa shape index (κ1) is 17.0. The number of piperidine rings is 1. The van der Waals surface area contributed by atoms with E-state index in [1.807, 2.05) is 20.8 Å². The van der Waals surface area contributed by atoms with E-state index >= 15 is 0 Å². The van der Waals surface area contributed by atoms with E-state index in [2.05, 4.69) is 4.85 Å². The molecule has 1 aliphatic heterocycles. The first-order valence-electron chi connectivity index (χ1n) is 7.03. The van der Waals surface area contributed by atoms with Gasteiger partial charge in [0.2, 0.25) is 0 Å². The lowest BCUT2D eigenvalue weighted by molar-refractivity contribution is -0.138. The van der Waals surface area contributed by atoms with Crippen LogP contribution in [0.25, 0.3) is 4.85 Å². The van der Waals surface area contributed by atoms with E-state index in [9.17, 15) is 9.59 Å². The van der Waals surface area contributed by atoms with E-state index in [-0.39, 0.29) is 18.4 Å². The number of likely N-dealkylation sites (tertiary alicyclic amines) is 1. The average Bonchev–Trinajstić information content (AvgIpc) is 2.38. The van der Waals surface area contributed by atoms with Gasteiger partial charge < -0.3 is 14.4 Å². The maximum atomic E-state index is 11.9. The summed E-state index contributed by atoms with van der Waals surface area (Å²) < 4.78 is 10.2. The van der Waals surface area contributed by atoms with Crippen molar-refractivity contribution >= 4 is 12.1 Å². The molecule has 0 spiro atoms. The van der Waals surface area contributed by atoms with Gasteiger partial charge in [-0.25, -0.2) is 9.64 Å². The fourth-order valence-corrected chi connectivity index (χ4v) is 1.99. The number of amides is 1. The van der Waals surface area contributed by atoms with Crippen molar-refractivity contribution in [3.8, 4) is 0 Å². The number of ether oxygens (including phenoxy) is 2. The van der Waals surface area contributed by atoms with Crippen LogP contribution in [0.5, 0.6) is 0 Å². The Balaban J connectivity index is 2.68. The van der Waals surface area contributed by atoms with Gasteiger partial charge >= 0.3 is 12.1 Å². The van der Waals surface area contributed by atoms with Gasteiger partial charge in [-0.1, -0.05) is 5.57 Å². The number of carbonyl (C=O) groups is 2. The molecule has 0 bridgehead atoms. The van der Waals surface area contributed by atoms with Crippen molar-refractivity contribution in [2.75, 3.05) is 19.7 Å². The van der Waals surface area contributed by atoms with Gasteiger partial charge in [0.25, 0.3) is 5.70 Å². The Morgan fingerprint density at radius 1 is 1.29 bits per heavy atom. The van der Waals surface area contributed by atoms with Crippen LogP contribution in [-0.2, 0) is 14.3 Å². The van der Waals surface area contributed by atoms with Crippen molar-refractivity contribution in [1.82, 2.24) is 4.90 Å². The molecule has 6 heteroatoms. The Morgan fingerprint density at radius 3 is 2.29 bits per heavy atom. The molecule has 0 N–H and O–H groups in total. The summed E-state index contributed by atoms with van der Waals surface area (Å²) >= 11 is 0. The van der Waals surface area contributed by atoms with Crippen LogP contribution in [-0.4, -0.2) is 42.3 Å². The molecular weight excluding hydrogens is 272 g/mol. The van der Waals surface area contributed by atoms with Crippen molar-refractivity contribution in [3.63, 3.8) is 0 Å². The highest BCUT2D eigenvalue weighted by Crippen LogP contribution is 2.23. The second kappa shape index (κ2) is 7.11.